The summed E-state index contributed by atoms with van der Waals surface area (Å²) in [5, 5.41) is 2.29. The molecule has 0 radical (unpaired) electrons. The van der Waals surface area contributed by atoms with Crippen molar-refractivity contribution in [2.45, 2.75) is 13.0 Å². The van der Waals surface area contributed by atoms with Gasteiger partial charge in [-0.15, -0.1) is 12.4 Å². The summed E-state index contributed by atoms with van der Waals surface area (Å²) < 4.78 is 0. The van der Waals surface area contributed by atoms with Gasteiger partial charge >= 0.3 is 0 Å². The average Bonchev–Trinajstić information content (AvgIpc) is 2.27. The molecule has 2 aromatic rings. The second kappa shape index (κ2) is 5.10. The predicted molar refractivity (Wildman–Crippen MR) is 71.7 cm³/mol. The highest BCUT2D eigenvalue weighted by Crippen LogP contribution is 2.19. The van der Waals surface area contributed by atoms with Crippen LogP contribution in [0, 0.1) is 0 Å². The van der Waals surface area contributed by atoms with E-state index < -0.39 is 0 Å². The molecule has 0 aliphatic rings. The van der Waals surface area contributed by atoms with Crippen molar-refractivity contribution in [2.24, 2.45) is 5.73 Å². The normalized spacial score (nSPS) is 11.9. The molecule has 0 amide bonds. The van der Waals surface area contributed by atoms with Gasteiger partial charge in [-0.1, -0.05) is 18.7 Å². The molecule has 2 N–H and O–H groups in total. The Labute approximate surface area is 102 Å². The number of halogens is 1. The Kier molecular flexibility index (Phi) is 4.05. The maximum atomic E-state index is 5.84. The molecule has 0 fully saturated rings. The lowest BCUT2D eigenvalue weighted by Crippen LogP contribution is -2.04. The maximum absolute atomic E-state index is 5.84. The fraction of sp³-hybridized carbons (Fsp3) is 0.154. The summed E-state index contributed by atoms with van der Waals surface area (Å²) in [7, 11) is 0. The SMILES string of the molecule is C=Cc1cc2cc([C@@H](C)N)ccc2cn1.Cl. The molecule has 0 saturated heterocycles. The third kappa shape index (κ3) is 2.40. The van der Waals surface area contributed by atoms with Gasteiger partial charge in [0, 0.05) is 17.6 Å². The number of nitrogens with two attached hydrogens (primary N) is 1. The van der Waals surface area contributed by atoms with Crippen molar-refractivity contribution in [2.75, 3.05) is 0 Å². The van der Waals surface area contributed by atoms with Gasteiger partial charge in [-0.05, 0) is 36.1 Å². The molecule has 0 aliphatic carbocycles. The predicted octanol–water partition coefficient (Wildman–Crippen LogP) is 3.32. The number of aromatic nitrogens is 1. The van der Waals surface area contributed by atoms with Gasteiger partial charge in [0.15, 0.2) is 0 Å². The number of rotatable bonds is 2. The molecular formula is C13H15ClN2. The topological polar surface area (TPSA) is 38.9 Å². The summed E-state index contributed by atoms with van der Waals surface area (Å²) in [5.41, 5.74) is 7.87. The first-order valence-corrected chi connectivity index (χ1v) is 4.98. The van der Waals surface area contributed by atoms with Crippen LogP contribution >= 0.6 is 12.4 Å². The van der Waals surface area contributed by atoms with E-state index in [9.17, 15) is 0 Å². The molecule has 0 spiro atoms. The second-order valence-electron chi connectivity index (χ2n) is 3.71. The van der Waals surface area contributed by atoms with Crippen LogP contribution in [0.5, 0.6) is 0 Å². The quantitative estimate of drug-likeness (QED) is 0.866. The van der Waals surface area contributed by atoms with Crippen LogP contribution in [-0.2, 0) is 0 Å². The van der Waals surface area contributed by atoms with E-state index in [1.165, 1.54) is 0 Å². The summed E-state index contributed by atoms with van der Waals surface area (Å²) in [6.45, 7) is 5.69. The molecule has 1 atom stereocenters. The lowest BCUT2D eigenvalue weighted by Gasteiger charge is -2.07. The number of fused-ring (bicyclic) bond motifs is 1. The zero-order valence-corrected chi connectivity index (χ0v) is 10.00. The molecule has 84 valence electrons. The van der Waals surface area contributed by atoms with Crippen LogP contribution in [0.15, 0.2) is 37.0 Å². The Hall–Kier alpha value is -1.38. The summed E-state index contributed by atoms with van der Waals surface area (Å²) >= 11 is 0. The minimum atomic E-state index is 0. The van der Waals surface area contributed by atoms with Crippen molar-refractivity contribution in [3.05, 3.63) is 48.3 Å². The van der Waals surface area contributed by atoms with Crippen LogP contribution in [0.25, 0.3) is 16.8 Å². The smallest absolute Gasteiger partial charge is 0.0630 e. The van der Waals surface area contributed by atoms with Crippen LogP contribution in [0.3, 0.4) is 0 Å². The van der Waals surface area contributed by atoms with E-state index in [0.717, 1.165) is 22.0 Å². The zero-order valence-electron chi connectivity index (χ0n) is 9.18. The van der Waals surface area contributed by atoms with Crippen LogP contribution in [0.4, 0.5) is 0 Å². The van der Waals surface area contributed by atoms with E-state index in [1.54, 1.807) is 6.08 Å². The molecular weight excluding hydrogens is 220 g/mol. The van der Waals surface area contributed by atoms with Gasteiger partial charge in [0.1, 0.15) is 0 Å². The first-order valence-electron chi connectivity index (χ1n) is 4.98. The Balaban J connectivity index is 0.00000128. The number of nitrogens with zero attached hydrogens (tertiary/aromatic N) is 1. The van der Waals surface area contributed by atoms with E-state index >= 15 is 0 Å². The molecule has 2 rings (SSSR count). The molecule has 16 heavy (non-hydrogen) atoms. The standard InChI is InChI=1S/C13H14N2.ClH/c1-3-13-7-12-6-10(9(2)14)4-5-11(12)8-15-13;/h3-9H,1,14H2,2H3;1H/t9-;/m1./s1. The minimum Gasteiger partial charge on any atom is -0.324 e. The van der Waals surface area contributed by atoms with Crippen LogP contribution in [0.2, 0.25) is 0 Å². The Morgan fingerprint density at radius 1 is 1.31 bits per heavy atom. The van der Waals surface area contributed by atoms with Gasteiger partial charge in [-0.25, -0.2) is 0 Å². The third-order valence-corrected chi connectivity index (χ3v) is 2.50. The fourth-order valence-electron chi connectivity index (χ4n) is 1.57. The van der Waals surface area contributed by atoms with E-state index in [1.807, 2.05) is 31.3 Å². The van der Waals surface area contributed by atoms with Crippen molar-refractivity contribution >= 4 is 29.3 Å². The molecule has 2 nitrogen and oxygen atoms in total. The van der Waals surface area contributed by atoms with Crippen molar-refractivity contribution in [1.82, 2.24) is 4.98 Å². The van der Waals surface area contributed by atoms with E-state index in [2.05, 4.69) is 17.6 Å². The molecule has 0 bridgehead atoms. The summed E-state index contributed by atoms with van der Waals surface area (Å²) in [4.78, 5) is 4.25. The van der Waals surface area contributed by atoms with E-state index in [-0.39, 0.29) is 18.4 Å². The molecule has 0 unspecified atom stereocenters. The molecule has 0 aliphatic heterocycles. The Morgan fingerprint density at radius 2 is 2.06 bits per heavy atom. The monoisotopic (exact) mass is 234 g/mol. The van der Waals surface area contributed by atoms with Crippen LogP contribution in [0.1, 0.15) is 24.2 Å². The van der Waals surface area contributed by atoms with E-state index in [4.69, 9.17) is 5.73 Å². The highest BCUT2D eigenvalue weighted by Gasteiger charge is 2.01. The third-order valence-electron chi connectivity index (χ3n) is 2.50. The number of pyridine rings is 1. The van der Waals surface area contributed by atoms with Gasteiger partial charge < -0.3 is 5.73 Å². The summed E-state index contributed by atoms with van der Waals surface area (Å²) in [6, 6.07) is 8.29. The van der Waals surface area contributed by atoms with Crippen molar-refractivity contribution in [3.63, 3.8) is 0 Å². The van der Waals surface area contributed by atoms with Gasteiger partial charge in [0.25, 0.3) is 0 Å². The Morgan fingerprint density at radius 3 is 2.69 bits per heavy atom. The van der Waals surface area contributed by atoms with E-state index in [0.29, 0.717) is 0 Å². The summed E-state index contributed by atoms with van der Waals surface area (Å²) in [5.74, 6) is 0. The van der Waals surface area contributed by atoms with Crippen molar-refractivity contribution in [1.29, 1.82) is 0 Å². The van der Waals surface area contributed by atoms with Crippen molar-refractivity contribution in [3.8, 4) is 0 Å². The first kappa shape index (κ1) is 12.7. The largest absolute Gasteiger partial charge is 0.324 e. The first-order chi connectivity index (χ1) is 7.20. The number of benzene rings is 1. The minimum absolute atomic E-state index is 0. The van der Waals surface area contributed by atoms with Gasteiger partial charge in [0.05, 0.1) is 5.69 Å². The lowest BCUT2D eigenvalue weighted by molar-refractivity contribution is 0.820. The fourth-order valence-corrected chi connectivity index (χ4v) is 1.57. The van der Waals surface area contributed by atoms with Gasteiger partial charge in [-0.3, -0.25) is 4.98 Å². The average molecular weight is 235 g/mol. The molecule has 0 saturated carbocycles. The second-order valence-corrected chi connectivity index (χ2v) is 3.71. The number of hydrogen-bond donors (Lipinski definition) is 1. The lowest BCUT2D eigenvalue weighted by atomic mass is 10.0. The van der Waals surface area contributed by atoms with Gasteiger partial charge in [-0.2, -0.15) is 0 Å². The van der Waals surface area contributed by atoms with Gasteiger partial charge in [0.2, 0.25) is 0 Å². The maximum Gasteiger partial charge on any atom is 0.0630 e. The van der Waals surface area contributed by atoms with Crippen LogP contribution < -0.4 is 5.73 Å². The Bertz CT molecular complexity index is 506. The highest BCUT2D eigenvalue weighted by atomic mass is 35.5. The highest BCUT2D eigenvalue weighted by molar-refractivity contribution is 5.85. The summed E-state index contributed by atoms with van der Waals surface area (Å²) in [6.07, 6.45) is 3.61. The molecule has 1 aromatic carbocycles. The number of hydrogen-bond acceptors (Lipinski definition) is 2. The zero-order chi connectivity index (χ0) is 10.8. The molecule has 1 aromatic heterocycles. The van der Waals surface area contributed by atoms with Crippen LogP contribution in [-0.4, -0.2) is 4.98 Å². The molecule has 1 heterocycles. The van der Waals surface area contributed by atoms with Crippen molar-refractivity contribution < 1.29 is 0 Å². The molecule has 3 heteroatoms.